The monoisotopic (exact) mass is 303 g/mol. The summed E-state index contributed by atoms with van der Waals surface area (Å²) in [5.74, 6) is 0.136. The molecule has 0 aromatic heterocycles. The minimum absolute atomic E-state index is 0.0163. The molecule has 120 valence electrons. The van der Waals surface area contributed by atoms with Crippen LogP contribution in [0.25, 0.3) is 0 Å². The highest BCUT2D eigenvalue weighted by Gasteiger charge is 2.28. The lowest BCUT2D eigenvalue weighted by atomic mass is 10.0. The van der Waals surface area contributed by atoms with E-state index in [1.807, 2.05) is 45.0 Å². The number of amides is 2. The Labute approximate surface area is 132 Å². The van der Waals surface area contributed by atoms with Gasteiger partial charge < -0.3 is 15.5 Å². The quantitative estimate of drug-likeness (QED) is 0.914. The Kier molecular flexibility index (Phi) is 5.19. The molecule has 5 heteroatoms. The average molecular weight is 303 g/mol. The van der Waals surface area contributed by atoms with E-state index in [9.17, 15) is 9.59 Å². The van der Waals surface area contributed by atoms with Gasteiger partial charge in [-0.05, 0) is 25.0 Å². The SMILES string of the molecule is Cc1ccc(C(=O)N2CCN(C(=O)[C@@H](N)C(C)C)CC2)cc1. The predicted octanol–water partition coefficient (Wildman–Crippen LogP) is 1.26. The van der Waals surface area contributed by atoms with Gasteiger partial charge in [-0.1, -0.05) is 31.5 Å². The molecule has 1 aliphatic rings. The number of benzene rings is 1. The van der Waals surface area contributed by atoms with E-state index in [0.29, 0.717) is 31.7 Å². The summed E-state index contributed by atoms with van der Waals surface area (Å²) in [6.45, 7) is 8.11. The highest BCUT2D eigenvalue weighted by Crippen LogP contribution is 2.12. The van der Waals surface area contributed by atoms with Gasteiger partial charge in [0.05, 0.1) is 6.04 Å². The molecule has 0 saturated carbocycles. The third-order valence-corrected chi connectivity index (χ3v) is 4.18. The van der Waals surface area contributed by atoms with E-state index in [2.05, 4.69) is 0 Å². The van der Waals surface area contributed by atoms with Crippen LogP contribution in [-0.4, -0.2) is 53.8 Å². The highest BCUT2D eigenvalue weighted by atomic mass is 16.2. The maximum atomic E-state index is 12.4. The molecular formula is C17H25N3O2. The van der Waals surface area contributed by atoms with Gasteiger partial charge in [0.15, 0.2) is 0 Å². The maximum absolute atomic E-state index is 12.4. The van der Waals surface area contributed by atoms with Crippen LogP contribution in [0.15, 0.2) is 24.3 Å². The van der Waals surface area contributed by atoms with Crippen LogP contribution < -0.4 is 5.73 Å². The number of rotatable bonds is 3. The summed E-state index contributed by atoms with van der Waals surface area (Å²) in [4.78, 5) is 28.2. The maximum Gasteiger partial charge on any atom is 0.253 e. The fourth-order valence-corrected chi connectivity index (χ4v) is 2.50. The van der Waals surface area contributed by atoms with Crippen LogP contribution in [0.4, 0.5) is 0 Å². The van der Waals surface area contributed by atoms with Gasteiger partial charge in [0.1, 0.15) is 0 Å². The Hall–Kier alpha value is -1.88. The standard InChI is InChI=1S/C17H25N3O2/c1-12(2)15(18)17(22)20-10-8-19(9-11-20)16(21)14-6-4-13(3)5-7-14/h4-7,12,15H,8-11,18H2,1-3H3/t15-/m0/s1. The molecule has 0 spiro atoms. The van der Waals surface area contributed by atoms with Crippen molar-refractivity contribution in [2.45, 2.75) is 26.8 Å². The van der Waals surface area contributed by atoms with Crippen LogP contribution in [0.3, 0.4) is 0 Å². The van der Waals surface area contributed by atoms with Crippen molar-refractivity contribution in [3.05, 3.63) is 35.4 Å². The number of hydrogen-bond acceptors (Lipinski definition) is 3. The zero-order valence-corrected chi connectivity index (χ0v) is 13.6. The van der Waals surface area contributed by atoms with Crippen LogP contribution >= 0.6 is 0 Å². The number of hydrogen-bond donors (Lipinski definition) is 1. The van der Waals surface area contributed by atoms with Crippen molar-refractivity contribution in [2.24, 2.45) is 11.7 Å². The number of piperazine rings is 1. The average Bonchev–Trinajstić information content (AvgIpc) is 2.53. The topological polar surface area (TPSA) is 66.6 Å². The molecule has 1 heterocycles. The highest BCUT2D eigenvalue weighted by molar-refractivity contribution is 5.94. The first-order valence-electron chi connectivity index (χ1n) is 7.80. The van der Waals surface area contributed by atoms with Crippen LogP contribution in [0, 0.1) is 12.8 Å². The van der Waals surface area contributed by atoms with E-state index in [-0.39, 0.29) is 17.7 Å². The summed E-state index contributed by atoms with van der Waals surface area (Å²) in [6.07, 6.45) is 0. The minimum atomic E-state index is -0.459. The van der Waals surface area contributed by atoms with Gasteiger partial charge in [0.2, 0.25) is 5.91 Å². The summed E-state index contributed by atoms with van der Waals surface area (Å²) < 4.78 is 0. The molecule has 1 aromatic carbocycles. The van der Waals surface area contributed by atoms with Crippen molar-refractivity contribution in [1.29, 1.82) is 0 Å². The number of aryl methyl sites for hydroxylation is 1. The van der Waals surface area contributed by atoms with E-state index in [0.717, 1.165) is 5.56 Å². The van der Waals surface area contributed by atoms with Gasteiger partial charge in [-0.25, -0.2) is 0 Å². The third kappa shape index (κ3) is 3.65. The molecule has 1 fully saturated rings. The van der Waals surface area contributed by atoms with Crippen molar-refractivity contribution in [3.63, 3.8) is 0 Å². The minimum Gasteiger partial charge on any atom is -0.338 e. The largest absolute Gasteiger partial charge is 0.338 e. The molecule has 0 bridgehead atoms. The summed E-state index contributed by atoms with van der Waals surface area (Å²) >= 11 is 0. The summed E-state index contributed by atoms with van der Waals surface area (Å²) in [5, 5.41) is 0. The third-order valence-electron chi connectivity index (χ3n) is 4.18. The molecule has 0 radical (unpaired) electrons. The molecule has 1 aromatic rings. The number of carbonyl (C=O) groups excluding carboxylic acids is 2. The van der Waals surface area contributed by atoms with E-state index < -0.39 is 6.04 Å². The number of nitrogens with two attached hydrogens (primary N) is 1. The Morgan fingerprint density at radius 3 is 2.00 bits per heavy atom. The van der Waals surface area contributed by atoms with Gasteiger partial charge in [-0.15, -0.1) is 0 Å². The molecule has 1 atom stereocenters. The number of nitrogens with zero attached hydrogens (tertiary/aromatic N) is 2. The van der Waals surface area contributed by atoms with Crippen molar-refractivity contribution in [3.8, 4) is 0 Å². The van der Waals surface area contributed by atoms with E-state index >= 15 is 0 Å². The summed E-state index contributed by atoms with van der Waals surface area (Å²) in [5.41, 5.74) is 7.75. The number of carbonyl (C=O) groups is 2. The molecule has 2 N–H and O–H groups in total. The molecule has 0 unspecified atom stereocenters. The Morgan fingerprint density at radius 2 is 1.50 bits per heavy atom. The zero-order valence-electron chi connectivity index (χ0n) is 13.6. The van der Waals surface area contributed by atoms with Gasteiger partial charge in [0.25, 0.3) is 5.91 Å². The summed E-state index contributed by atoms with van der Waals surface area (Å²) in [6, 6.07) is 7.12. The van der Waals surface area contributed by atoms with Gasteiger partial charge >= 0.3 is 0 Å². The Bertz CT molecular complexity index is 531. The van der Waals surface area contributed by atoms with Crippen LogP contribution in [-0.2, 0) is 4.79 Å². The lowest BCUT2D eigenvalue weighted by molar-refractivity contribution is -0.135. The van der Waals surface area contributed by atoms with Crippen molar-refractivity contribution in [2.75, 3.05) is 26.2 Å². The zero-order chi connectivity index (χ0) is 16.3. The predicted molar refractivity (Wildman–Crippen MR) is 86.5 cm³/mol. The van der Waals surface area contributed by atoms with Crippen molar-refractivity contribution >= 4 is 11.8 Å². The lowest BCUT2D eigenvalue weighted by Crippen LogP contribution is -2.55. The molecule has 0 aliphatic carbocycles. The first-order chi connectivity index (χ1) is 10.4. The van der Waals surface area contributed by atoms with Crippen molar-refractivity contribution < 1.29 is 9.59 Å². The first-order valence-corrected chi connectivity index (χ1v) is 7.80. The molecule has 2 amide bonds. The fourth-order valence-electron chi connectivity index (χ4n) is 2.50. The second kappa shape index (κ2) is 6.92. The van der Waals surface area contributed by atoms with Gasteiger partial charge in [-0.3, -0.25) is 9.59 Å². The molecule has 1 aliphatic heterocycles. The van der Waals surface area contributed by atoms with E-state index in [4.69, 9.17) is 5.73 Å². The van der Waals surface area contributed by atoms with Crippen molar-refractivity contribution in [1.82, 2.24) is 9.80 Å². The smallest absolute Gasteiger partial charge is 0.253 e. The second-order valence-electron chi connectivity index (χ2n) is 6.25. The fraction of sp³-hybridized carbons (Fsp3) is 0.529. The molecule has 5 nitrogen and oxygen atoms in total. The Morgan fingerprint density at radius 1 is 1.00 bits per heavy atom. The van der Waals surface area contributed by atoms with Crippen LogP contribution in [0.2, 0.25) is 0 Å². The lowest BCUT2D eigenvalue weighted by Gasteiger charge is -2.36. The van der Waals surface area contributed by atoms with Crippen LogP contribution in [0.1, 0.15) is 29.8 Å². The van der Waals surface area contributed by atoms with Crippen LogP contribution in [0.5, 0.6) is 0 Å². The second-order valence-corrected chi connectivity index (χ2v) is 6.25. The normalized spacial score (nSPS) is 16.8. The van der Waals surface area contributed by atoms with E-state index in [1.165, 1.54) is 0 Å². The first kappa shape index (κ1) is 16.5. The Balaban J connectivity index is 1.93. The summed E-state index contributed by atoms with van der Waals surface area (Å²) in [7, 11) is 0. The van der Waals surface area contributed by atoms with E-state index in [1.54, 1.807) is 9.80 Å². The molecule has 1 saturated heterocycles. The van der Waals surface area contributed by atoms with Gasteiger partial charge in [0, 0.05) is 31.7 Å². The molecule has 22 heavy (non-hydrogen) atoms. The molecule has 2 rings (SSSR count). The molecular weight excluding hydrogens is 278 g/mol. The van der Waals surface area contributed by atoms with Gasteiger partial charge in [-0.2, -0.15) is 0 Å².